The summed E-state index contributed by atoms with van der Waals surface area (Å²) in [6, 6.07) is 0. The van der Waals surface area contributed by atoms with Crippen molar-refractivity contribution in [2.75, 3.05) is 26.2 Å². The summed E-state index contributed by atoms with van der Waals surface area (Å²) in [4.78, 5) is 0. The maximum atomic E-state index is 3.64. The summed E-state index contributed by atoms with van der Waals surface area (Å²) in [5, 5.41) is 7.28. The second kappa shape index (κ2) is 28.9. The highest BCUT2D eigenvalue weighted by molar-refractivity contribution is 4.54. The standard InChI is InChI=1S/C28H60N2/c1-3-5-7-9-11-13-17-21-25-29-27-23-19-15-16-20-24-28-30-26-22-18-14-12-10-8-6-4-2/h29-30H,3-28H2,1-2H3. The van der Waals surface area contributed by atoms with Crippen molar-refractivity contribution in [3.63, 3.8) is 0 Å². The highest BCUT2D eigenvalue weighted by Crippen LogP contribution is 2.09. The van der Waals surface area contributed by atoms with Gasteiger partial charge in [0.15, 0.2) is 0 Å². The van der Waals surface area contributed by atoms with Gasteiger partial charge >= 0.3 is 0 Å². The van der Waals surface area contributed by atoms with Crippen LogP contribution in [-0.4, -0.2) is 26.2 Å². The van der Waals surface area contributed by atoms with Crippen LogP contribution in [0.4, 0.5) is 0 Å². The lowest BCUT2D eigenvalue weighted by Crippen LogP contribution is -2.17. The Kier molecular flexibility index (Phi) is 28.8. The summed E-state index contributed by atoms with van der Waals surface area (Å²) in [6.07, 6.45) is 31.2. The zero-order valence-electron chi connectivity index (χ0n) is 21.4. The first kappa shape index (κ1) is 29.9. The van der Waals surface area contributed by atoms with Crippen molar-refractivity contribution in [1.82, 2.24) is 10.6 Å². The van der Waals surface area contributed by atoms with E-state index in [2.05, 4.69) is 24.5 Å². The molecular weight excluding hydrogens is 364 g/mol. The molecule has 30 heavy (non-hydrogen) atoms. The van der Waals surface area contributed by atoms with E-state index in [1.54, 1.807) is 0 Å². The number of rotatable bonds is 27. The summed E-state index contributed by atoms with van der Waals surface area (Å²) in [5.74, 6) is 0. The molecule has 0 aromatic heterocycles. The van der Waals surface area contributed by atoms with Gasteiger partial charge in [0.25, 0.3) is 0 Å². The maximum absolute atomic E-state index is 3.64. The fourth-order valence-corrected chi connectivity index (χ4v) is 4.22. The summed E-state index contributed by atoms with van der Waals surface area (Å²) in [6.45, 7) is 9.53. The van der Waals surface area contributed by atoms with Crippen LogP contribution in [0.3, 0.4) is 0 Å². The van der Waals surface area contributed by atoms with Crippen molar-refractivity contribution in [2.45, 2.75) is 155 Å². The molecule has 0 saturated carbocycles. The average molecular weight is 425 g/mol. The van der Waals surface area contributed by atoms with Gasteiger partial charge in [-0.25, -0.2) is 0 Å². The van der Waals surface area contributed by atoms with Crippen LogP contribution in [0.15, 0.2) is 0 Å². The van der Waals surface area contributed by atoms with Crippen molar-refractivity contribution in [3.8, 4) is 0 Å². The molecule has 2 nitrogen and oxygen atoms in total. The Labute approximate surface area is 192 Å². The summed E-state index contributed by atoms with van der Waals surface area (Å²) in [5.41, 5.74) is 0. The molecule has 0 aliphatic carbocycles. The molecule has 0 bridgehead atoms. The Balaban J connectivity index is 2.97. The van der Waals surface area contributed by atoms with Crippen molar-refractivity contribution in [1.29, 1.82) is 0 Å². The maximum Gasteiger partial charge on any atom is -0.00489 e. The molecule has 2 heteroatoms. The molecule has 182 valence electrons. The monoisotopic (exact) mass is 424 g/mol. The van der Waals surface area contributed by atoms with Crippen LogP contribution >= 0.6 is 0 Å². The number of nitrogens with one attached hydrogen (secondary N) is 2. The second-order valence-corrected chi connectivity index (χ2v) is 9.57. The van der Waals surface area contributed by atoms with Gasteiger partial charge in [0.05, 0.1) is 0 Å². The van der Waals surface area contributed by atoms with E-state index in [-0.39, 0.29) is 0 Å². The van der Waals surface area contributed by atoms with E-state index in [0.717, 1.165) is 0 Å². The molecule has 0 radical (unpaired) electrons. The topological polar surface area (TPSA) is 24.1 Å². The van der Waals surface area contributed by atoms with Gasteiger partial charge in [-0.3, -0.25) is 0 Å². The first-order valence-corrected chi connectivity index (χ1v) is 14.3. The minimum Gasteiger partial charge on any atom is -0.317 e. The van der Waals surface area contributed by atoms with Gasteiger partial charge in [0.1, 0.15) is 0 Å². The van der Waals surface area contributed by atoms with Crippen LogP contribution in [0.1, 0.15) is 155 Å². The Morgan fingerprint density at radius 1 is 0.267 bits per heavy atom. The fourth-order valence-electron chi connectivity index (χ4n) is 4.22. The van der Waals surface area contributed by atoms with E-state index in [4.69, 9.17) is 0 Å². The van der Waals surface area contributed by atoms with Gasteiger partial charge in [0.2, 0.25) is 0 Å². The Morgan fingerprint density at radius 3 is 0.700 bits per heavy atom. The van der Waals surface area contributed by atoms with Gasteiger partial charge in [-0.2, -0.15) is 0 Å². The number of hydrogen-bond donors (Lipinski definition) is 2. The summed E-state index contributed by atoms with van der Waals surface area (Å²) in [7, 11) is 0. The quantitative estimate of drug-likeness (QED) is 0.129. The summed E-state index contributed by atoms with van der Waals surface area (Å²) < 4.78 is 0. The molecule has 0 aliphatic heterocycles. The molecule has 0 aromatic rings. The van der Waals surface area contributed by atoms with E-state index in [0.29, 0.717) is 0 Å². The molecule has 2 N–H and O–H groups in total. The zero-order valence-corrected chi connectivity index (χ0v) is 21.4. The molecule has 0 aromatic carbocycles. The lowest BCUT2D eigenvalue weighted by Gasteiger charge is -2.06. The molecular formula is C28H60N2. The normalized spacial score (nSPS) is 11.4. The van der Waals surface area contributed by atoms with E-state index in [9.17, 15) is 0 Å². The Morgan fingerprint density at radius 2 is 0.467 bits per heavy atom. The lowest BCUT2D eigenvalue weighted by molar-refractivity contribution is 0.524. The average Bonchev–Trinajstić information content (AvgIpc) is 2.76. The van der Waals surface area contributed by atoms with Crippen molar-refractivity contribution in [3.05, 3.63) is 0 Å². The van der Waals surface area contributed by atoms with Crippen LogP contribution in [0.2, 0.25) is 0 Å². The fraction of sp³-hybridized carbons (Fsp3) is 1.00. The molecule has 0 atom stereocenters. The van der Waals surface area contributed by atoms with E-state index in [1.165, 1.54) is 167 Å². The van der Waals surface area contributed by atoms with Crippen LogP contribution in [0.5, 0.6) is 0 Å². The van der Waals surface area contributed by atoms with E-state index < -0.39 is 0 Å². The third-order valence-electron chi connectivity index (χ3n) is 6.37. The SMILES string of the molecule is CCCCCCCCCCNCCCCCCCCNCCCCCCCCCC. The van der Waals surface area contributed by atoms with E-state index in [1.807, 2.05) is 0 Å². The Hall–Kier alpha value is -0.0800. The molecule has 0 saturated heterocycles. The number of hydrogen-bond acceptors (Lipinski definition) is 2. The first-order chi connectivity index (χ1) is 14.9. The van der Waals surface area contributed by atoms with Crippen LogP contribution in [0, 0.1) is 0 Å². The largest absolute Gasteiger partial charge is 0.317 e. The van der Waals surface area contributed by atoms with Crippen molar-refractivity contribution in [2.24, 2.45) is 0 Å². The molecule has 0 spiro atoms. The lowest BCUT2D eigenvalue weighted by atomic mass is 10.1. The van der Waals surface area contributed by atoms with Crippen molar-refractivity contribution >= 4 is 0 Å². The zero-order chi connectivity index (χ0) is 21.8. The molecule has 0 aliphatic rings. The smallest absolute Gasteiger partial charge is 0.00489 e. The minimum atomic E-state index is 1.23. The summed E-state index contributed by atoms with van der Waals surface area (Å²) >= 11 is 0. The van der Waals surface area contributed by atoms with Crippen molar-refractivity contribution < 1.29 is 0 Å². The Bertz CT molecular complexity index is 252. The highest BCUT2D eigenvalue weighted by atomic mass is 14.8. The van der Waals surface area contributed by atoms with Crippen LogP contribution in [0.25, 0.3) is 0 Å². The molecule has 0 rings (SSSR count). The van der Waals surface area contributed by atoms with Crippen LogP contribution < -0.4 is 10.6 Å². The predicted octanol–water partition coefficient (Wildman–Crippen LogP) is 8.79. The molecule has 0 heterocycles. The first-order valence-electron chi connectivity index (χ1n) is 14.3. The molecule has 0 fully saturated rings. The number of unbranched alkanes of at least 4 members (excludes halogenated alkanes) is 19. The van der Waals surface area contributed by atoms with Gasteiger partial charge in [0, 0.05) is 0 Å². The van der Waals surface area contributed by atoms with Gasteiger partial charge < -0.3 is 10.6 Å². The van der Waals surface area contributed by atoms with Gasteiger partial charge in [-0.15, -0.1) is 0 Å². The second-order valence-electron chi connectivity index (χ2n) is 9.57. The third kappa shape index (κ3) is 27.9. The third-order valence-corrected chi connectivity index (χ3v) is 6.37. The molecule has 0 unspecified atom stereocenters. The van der Waals surface area contributed by atoms with Gasteiger partial charge in [-0.05, 0) is 51.9 Å². The van der Waals surface area contributed by atoms with Gasteiger partial charge in [-0.1, -0.05) is 129 Å². The van der Waals surface area contributed by atoms with Crippen LogP contribution in [-0.2, 0) is 0 Å². The minimum absolute atomic E-state index is 1.23. The predicted molar refractivity (Wildman–Crippen MR) is 139 cm³/mol. The molecule has 0 amide bonds. The highest BCUT2D eigenvalue weighted by Gasteiger charge is 1.95. The van der Waals surface area contributed by atoms with E-state index >= 15 is 0 Å².